The van der Waals surface area contributed by atoms with Crippen molar-refractivity contribution in [1.29, 1.82) is 0 Å². The van der Waals surface area contributed by atoms with E-state index in [0.29, 0.717) is 26.1 Å². The standard InChI is InChI=1S/C14H24N4O3/c15-17-16-9-7-5-3-1-2-4-6-8-13(19)18-10-12(11-18)14(20)21/h12H,1-11H2,(H,20,21). The van der Waals surface area contributed by atoms with Crippen molar-refractivity contribution in [2.45, 2.75) is 51.4 Å². The smallest absolute Gasteiger partial charge is 0.310 e. The number of carbonyl (C=O) groups excluding carboxylic acids is 1. The van der Waals surface area contributed by atoms with Crippen LogP contribution in [0, 0.1) is 5.92 Å². The van der Waals surface area contributed by atoms with Gasteiger partial charge in [0.1, 0.15) is 0 Å². The van der Waals surface area contributed by atoms with Crippen molar-refractivity contribution in [3.05, 3.63) is 10.4 Å². The Hall–Kier alpha value is -1.75. The summed E-state index contributed by atoms with van der Waals surface area (Å²) in [6.07, 6.45) is 7.89. The second kappa shape index (κ2) is 10.0. The number of carboxylic acid groups (broad SMARTS) is 1. The lowest BCUT2D eigenvalue weighted by Crippen LogP contribution is -2.52. The third-order valence-corrected chi connectivity index (χ3v) is 3.80. The minimum Gasteiger partial charge on any atom is -0.481 e. The van der Waals surface area contributed by atoms with Crippen LogP contribution in [0.2, 0.25) is 0 Å². The summed E-state index contributed by atoms with van der Waals surface area (Å²) in [5.41, 5.74) is 8.11. The number of hydrogen-bond donors (Lipinski definition) is 1. The predicted molar refractivity (Wildman–Crippen MR) is 78.7 cm³/mol. The lowest BCUT2D eigenvalue weighted by atomic mass is 9.99. The molecule has 0 aromatic carbocycles. The van der Waals surface area contributed by atoms with Crippen molar-refractivity contribution in [2.75, 3.05) is 19.6 Å². The maximum absolute atomic E-state index is 11.7. The molecule has 1 amide bonds. The highest BCUT2D eigenvalue weighted by molar-refractivity contribution is 5.80. The van der Waals surface area contributed by atoms with Crippen LogP contribution in [0.15, 0.2) is 5.11 Å². The van der Waals surface area contributed by atoms with Crippen molar-refractivity contribution in [3.8, 4) is 0 Å². The van der Waals surface area contributed by atoms with Gasteiger partial charge in [-0.05, 0) is 18.4 Å². The monoisotopic (exact) mass is 296 g/mol. The lowest BCUT2D eigenvalue weighted by molar-refractivity contribution is -0.152. The van der Waals surface area contributed by atoms with Gasteiger partial charge in [-0.3, -0.25) is 9.59 Å². The molecule has 0 atom stereocenters. The molecule has 1 aliphatic heterocycles. The van der Waals surface area contributed by atoms with Crippen LogP contribution in [-0.4, -0.2) is 41.5 Å². The Morgan fingerprint density at radius 3 is 2.24 bits per heavy atom. The molecule has 1 aliphatic rings. The number of carboxylic acids is 1. The highest BCUT2D eigenvalue weighted by Crippen LogP contribution is 2.18. The number of amides is 1. The number of rotatable bonds is 11. The Bertz CT molecular complexity index is 388. The first kappa shape index (κ1) is 17.3. The average molecular weight is 296 g/mol. The minimum absolute atomic E-state index is 0.0851. The second-order valence-corrected chi connectivity index (χ2v) is 5.51. The molecule has 0 aromatic rings. The number of nitrogens with zero attached hydrogens (tertiary/aromatic N) is 4. The van der Waals surface area contributed by atoms with E-state index in [-0.39, 0.29) is 11.8 Å². The van der Waals surface area contributed by atoms with E-state index in [1.165, 1.54) is 0 Å². The molecule has 7 heteroatoms. The maximum Gasteiger partial charge on any atom is 0.310 e. The Morgan fingerprint density at radius 2 is 1.67 bits per heavy atom. The fourth-order valence-corrected chi connectivity index (χ4v) is 2.38. The number of unbranched alkanes of at least 4 members (excludes halogenated alkanes) is 6. The van der Waals surface area contributed by atoms with Crippen molar-refractivity contribution >= 4 is 11.9 Å². The predicted octanol–water partition coefficient (Wildman–Crippen LogP) is 2.96. The summed E-state index contributed by atoms with van der Waals surface area (Å²) in [4.78, 5) is 26.7. The molecule has 0 bridgehead atoms. The summed E-state index contributed by atoms with van der Waals surface area (Å²) in [5, 5.41) is 12.2. The van der Waals surface area contributed by atoms with E-state index in [0.717, 1.165) is 44.9 Å². The molecule has 7 nitrogen and oxygen atoms in total. The number of aliphatic carboxylic acids is 1. The molecule has 1 rings (SSSR count). The minimum atomic E-state index is -0.806. The number of likely N-dealkylation sites (tertiary alicyclic amines) is 1. The maximum atomic E-state index is 11.7. The van der Waals surface area contributed by atoms with Gasteiger partial charge in [0.25, 0.3) is 0 Å². The highest BCUT2D eigenvalue weighted by Gasteiger charge is 2.34. The van der Waals surface area contributed by atoms with E-state index >= 15 is 0 Å². The molecule has 0 spiro atoms. The van der Waals surface area contributed by atoms with E-state index in [1.807, 2.05) is 0 Å². The van der Waals surface area contributed by atoms with Crippen LogP contribution < -0.4 is 0 Å². The van der Waals surface area contributed by atoms with Gasteiger partial charge in [0.15, 0.2) is 0 Å². The fraction of sp³-hybridized carbons (Fsp3) is 0.857. The van der Waals surface area contributed by atoms with Crippen LogP contribution in [-0.2, 0) is 9.59 Å². The fourth-order valence-electron chi connectivity index (χ4n) is 2.38. The van der Waals surface area contributed by atoms with Crippen LogP contribution in [0.5, 0.6) is 0 Å². The summed E-state index contributed by atoms with van der Waals surface area (Å²) in [7, 11) is 0. The highest BCUT2D eigenvalue weighted by atomic mass is 16.4. The van der Waals surface area contributed by atoms with Crippen LogP contribution >= 0.6 is 0 Å². The van der Waals surface area contributed by atoms with Crippen molar-refractivity contribution in [1.82, 2.24) is 4.90 Å². The van der Waals surface area contributed by atoms with Gasteiger partial charge in [-0.15, -0.1) is 0 Å². The van der Waals surface area contributed by atoms with Crippen molar-refractivity contribution in [3.63, 3.8) is 0 Å². The van der Waals surface area contributed by atoms with Gasteiger partial charge in [0, 0.05) is 31.0 Å². The van der Waals surface area contributed by atoms with Gasteiger partial charge >= 0.3 is 5.97 Å². The van der Waals surface area contributed by atoms with E-state index in [9.17, 15) is 9.59 Å². The van der Waals surface area contributed by atoms with Crippen LogP contribution in [0.3, 0.4) is 0 Å². The van der Waals surface area contributed by atoms with Crippen molar-refractivity contribution < 1.29 is 14.7 Å². The van der Waals surface area contributed by atoms with Crippen LogP contribution in [0.1, 0.15) is 51.4 Å². The quantitative estimate of drug-likeness (QED) is 0.274. The molecule has 0 unspecified atom stereocenters. The molecule has 0 aromatic heterocycles. The molecule has 1 saturated heterocycles. The molecule has 118 valence electrons. The molecule has 0 radical (unpaired) electrons. The first-order valence-corrected chi connectivity index (χ1v) is 7.66. The largest absolute Gasteiger partial charge is 0.481 e. The summed E-state index contributed by atoms with van der Waals surface area (Å²) >= 11 is 0. The van der Waals surface area contributed by atoms with E-state index in [2.05, 4.69) is 10.0 Å². The summed E-state index contributed by atoms with van der Waals surface area (Å²) in [5.74, 6) is -1.08. The van der Waals surface area contributed by atoms with E-state index in [4.69, 9.17) is 10.6 Å². The first-order chi connectivity index (χ1) is 10.1. The van der Waals surface area contributed by atoms with Crippen LogP contribution in [0.4, 0.5) is 0 Å². The van der Waals surface area contributed by atoms with Gasteiger partial charge in [-0.25, -0.2) is 0 Å². The average Bonchev–Trinajstić information content (AvgIpc) is 2.38. The molecular formula is C14H24N4O3. The molecule has 0 saturated carbocycles. The van der Waals surface area contributed by atoms with Gasteiger partial charge < -0.3 is 10.0 Å². The van der Waals surface area contributed by atoms with Gasteiger partial charge in [-0.1, -0.05) is 37.2 Å². The van der Waals surface area contributed by atoms with Gasteiger partial charge in [0.2, 0.25) is 5.91 Å². The zero-order valence-electron chi connectivity index (χ0n) is 12.4. The number of carbonyl (C=O) groups is 2. The Kier molecular flexibility index (Phi) is 8.28. The number of hydrogen-bond acceptors (Lipinski definition) is 3. The van der Waals surface area contributed by atoms with E-state index in [1.54, 1.807) is 4.90 Å². The number of azide groups is 1. The van der Waals surface area contributed by atoms with Gasteiger partial charge in [0.05, 0.1) is 5.92 Å². The van der Waals surface area contributed by atoms with Crippen LogP contribution in [0.25, 0.3) is 10.4 Å². The molecule has 0 aliphatic carbocycles. The zero-order valence-corrected chi connectivity index (χ0v) is 12.4. The Balaban J connectivity index is 1.87. The summed E-state index contributed by atoms with van der Waals surface area (Å²) in [6, 6.07) is 0. The SMILES string of the molecule is [N-]=[N+]=NCCCCCCCCCC(=O)N1CC(C(=O)O)C1. The Labute approximate surface area is 124 Å². The third kappa shape index (κ3) is 6.99. The molecule has 1 fully saturated rings. The second-order valence-electron chi connectivity index (χ2n) is 5.51. The molecule has 1 heterocycles. The topological polar surface area (TPSA) is 106 Å². The molecular weight excluding hydrogens is 272 g/mol. The Morgan fingerprint density at radius 1 is 1.10 bits per heavy atom. The zero-order chi connectivity index (χ0) is 15.5. The summed E-state index contributed by atoms with van der Waals surface area (Å²) in [6.45, 7) is 1.33. The normalized spacial score (nSPS) is 14.4. The lowest BCUT2D eigenvalue weighted by Gasteiger charge is -2.36. The first-order valence-electron chi connectivity index (χ1n) is 7.66. The van der Waals surface area contributed by atoms with Crippen molar-refractivity contribution in [2.24, 2.45) is 11.0 Å². The summed E-state index contributed by atoms with van der Waals surface area (Å²) < 4.78 is 0. The van der Waals surface area contributed by atoms with E-state index < -0.39 is 5.97 Å². The molecule has 1 N–H and O–H groups in total. The molecule has 21 heavy (non-hydrogen) atoms. The van der Waals surface area contributed by atoms with Gasteiger partial charge in [-0.2, -0.15) is 0 Å². The third-order valence-electron chi connectivity index (χ3n) is 3.80.